The lowest BCUT2D eigenvalue weighted by molar-refractivity contribution is -0.0511. The van der Waals surface area contributed by atoms with E-state index in [-0.39, 0.29) is 5.92 Å². The minimum atomic E-state index is -1.25. The number of rotatable bonds is 7. The number of nitrogens with one attached hydrogen (secondary N) is 1. The second-order valence-corrected chi connectivity index (χ2v) is 9.07. The molecule has 4 N–H and O–H groups in total. The zero-order valence-electron chi connectivity index (χ0n) is 18.4. The molecule has 0 bridgehead atoms. The maximum Gasteiger partial charge on any atom is 0.167 e. The summed E-state index contributed by atoms with van der Waals surface area (Å²) < 4.78 is 7.15. The van der Waals surface area contributed by atoms with Gasteiger partial charge in [0, 0.05) is 22.5 Å². The number of anilines is 1. The zero-order valence-corrected chi connectivity index (χ0v) is 19.9. The maximum absolute atomic E-state index is 10.4. The van der Waals surface area contributed by atoms with Crippen molar-refractivity contribution in [2.75, 3.05) is 18.5 Å². The van der Waals surface area contributed by atoms with Gasteiger partial charge < -0.3 is 25.4 Å². The highest BCUT2D eigenvalue weighted by Gasteiger charge is 2.44. The van der Waals surface area contributed by atoms with Crippen LogP contribution in [-0.2, 0) is 4.74 Å². The Morgan fingerprint density at radius 2 is 1.71 bits per heavy atom. The first kappa shape index (κ1) is 23.9. The molecule has 2 unspecified atom stereocenters. The van der Waals surface area contributed by atoms with Crippen LogP contribution < -0.4 is 5.32 Å². The SMILES string of the molecule is OC[C@H]1OC(n2cnc3c(NCC(c4ccccc4)c4c(Cl)cccc4Cl)ncnc32)[C@H](O)[C@@H]1O. The van der Waals surface area contributed by atoms with E-state index in [2.05, 4.69) is 20.3 Å². The molecule has 4 aromatic rings. The van der Waals surface area contributed by atoms with Gasteiger partial charge in [-0.25, -0.2) is 15.0 Å². The average molecular weight is 516 g/mol. The smallest absolute Gasteiger partial charge is 0.167 e. The Balaban J connectivity index is 1.46. The van der Waals surface area contributed by atoms with Crippen molar-refractivity contribution in [2.24, 2.45) is 0 Å². The topological polar surface area (TPSA) is 126 Å². The van der Waals surface area contributed by atoms with Crippen molar-refractivity contribution in [1.29, 1.82) is 0 Å². The highest BCUT2D eigenvalue weighted by atomic mass is 35.5. The summed E-state index contributed by atoms with van der Waals surface area (Å²) >= 11 is 13.1. The van der Waals surface area contributed by atoms with Crippen molar-refractivity contribution in [3.05, 3.63) is 82.4 Å². The molecule has 1 fully saturated rings. The van der Waals surface area contributed by atoms with Crippen LogP contribution in [0.4, 0.5) is 5.82 Å². The predicted molar refractivity (Wildman–Crippen MR) is 132 cm³/mol. The van der Waals surface area contributed by atoms with Gasteiger partial charge in [0.1, 0.15) is 24.6 Å². The van der Waals surface area contributed by atoms with Gasteiger partial charge in [0.05, 0.1) is 12.9 Å². The molecule has 2 aromatic heterocycles. The van der Waals surface area contributed by atoms with E-state index in [1.807, 2.05) is 48.5 Å². The van der Waals surface area contributed by atoms with Crippen LogP contribution in [0.15, 0.2) is 61.2 Å². The Hall–Kier alpha value is -2.79. The van der Waals surface area contributed by atoms with Gasteiger partial charge >= 0.3 is 0 Å². The van der Waals surface area contributed by atoms with Crippen LogP contribution in [0.25, 0.3) is 11.2 Å². The van der Waals surface area contributed by atoms with E-state index in [0.717, 1.165) is 11.1 Å². The predicted octanol–water partition coefficient (Wildman–Crippen LogP) is 2.99. The summed E-state index contributed by atoms with van der Waals surface area (Å²) in [4.78, 5) is 13.1. The summed E-state index contributed by atoms with van der Waals surface area (Å²) in [6.45, 7) is -0.00504. The molecular formula is C24H23Cl2N5O4. The number of nitrogens with zero attached hydrogens (tertiary/aromatic N) is 4. The Morgan fingerprint density at radius 1 is 0.971 bits per heavy atom. The molecule has 5 atom stereocenters. The fourth-order valence-corrected chi connectivity index (χ4v) is 5.05. The minimum Gasteiger partial charge on any atom is -0.394 e. The van der Waals surface area contributed by atoms with Crippen molar-refractivity contribution in [1.82, 2.24) is 19.5 Å². The molecule has 0 aliphatic carbocycles. The number of aliphatic hydroxyl groups excluding tert-OH is 3. The summed E-state index contributed by atoms with van der Waals surface area (Å²) in [6.07, 6.45) is -1.49. The number of hydrogen-bond acceptors (Lipinski definition) is 8. The molecule has 2 aromatic carbocycles. The van der Waals surface area contributed by atoms with Crippen LogP contribution >= 0.6 is 23.2 Å². The number of ether oxygens (including phenoxy) is 1. The molecule has 0 radical (unpaired) electrons. The molecule has 11 heteroatoms. The van der Waals surface area contributed by atoms with Gasteiger partial charge in [0.25, 0.3) is 0 Å². The fraction of sp³-hybridized carbons (Fsp3) is 0.292. The molecule has 5 rings (SSSR count). The second-order valence-electron chi connectivity index (χ2n) is 8.25. The van der Waals surface area contributed by atoms with Gasteiger partial charge in [0.2, 0.25) is 0 Å². The Kier molecular flexibility index (Phi) is 6.88. The Labute approximate surface area is 211 Å². The van der Waals surface area contributed by atoms with Gasteiger partial charge in [-0.05, 0) is 23.3 Å². The lowest BCUT2D eigenvalue weighted by Crippen LogP contribution is -2.33. The number of fused-ring (bicyclic) bond motifs is 1. The van der Waals surface area contributed by atoms with Crippen LogP contribution in [0, 0.1) is 0 Å². The van der Waals surface area contributed by atoms with Crippen molar-refractivity contribution < 1.29 is 20.1 Å². The third kappa shape index (κ3) is 4.47. The van der Waals surface area contributed by atoms with Crippen molar-refractivity contribution in [2.45, 2.75) is 30.5 Å². The van der Waals surface area contributed by atoms with Crippen LogP contribution in [-0.4, -0.2) is 66.3 Å². The Bertz CT molecular complexity index is 1300. The zero-order chi connectivity index (χ0) is 24.5. The number of benzene rings is 2. The highest BCUT2D eigenvalue weighted by Crippen LogP contribution is 2.36. The molecule has 0 spiro atoms. The van der Waals surface area contributed by atoms with Crippen molar-refractivity contribution >= 4 is 40.2 Å². The quantitative estimate of drug-likeness (QED) is 0.296. The van der Waals surface area contributed by atoms with E-state index in [1.54, 1.807) is 0 Å². The number of halogens is 2. The average Bonchev–Trinajstić information content (AvgIpc) is 3.42. The summed E-state index contributed by atoms with van der Waals surface area (Å²) in [6, 6.07) is 15.3. The van der Waals surface area contributed by atoms with Crippen LogP contribution in [0.1, 0.15) is 23.3 Å². The Morgan fingerprint density at radius 3 is 2.40 bits per heavy atom. The lowest BCUT2D eigenvalue weighted by atomic mass is 9.91. The van der Waals surface area contributed by atoms with E-state index in [0.29, 0.717) is 33.6 Å². The minimum absolute atomic E-state index is 0.176. The molecule has 1 saturated heterocycles. The standard InChI is InChI=1S/C24H23Cl2N5O4/c25-15-7-4-8-16(26)18(15)14(13-5-2-1-3-6-13)9-27-22-19-23(29-11-28-22)31(12-30-19)24-21(34)20(33)17(10-32)35-24/h1-8,11-12,14,17,20-21,24,32-34H,9-10H2,(H,27,28,29)/t14?,17-,20-,21-,24?/m1/s1. The molecule has 35 heavy (non-hydrogen) atoms. The van der Waals surface area contributed by atoms with E-state index >= 15 is 0 Å². The monoisotopic (exact) mass is 515 g/mol. The van der Waals surface area contributed by atoms with E-state index in [4.69, 9.17) is 27.9 Å². The van der Waals surface area contributed by atoms with Crippen LogP contribution in [0.3, 0.4) is 0 Å². The van der Waals surface area contributed by atoms with Crippen LogP contribution in [0.2, 0.25) is 10.0 Å². The summed E-state index contributed by atoms with van der Waals surface area (Å²) in [5.41, 5.74) is 2.70. The first-order valence-electron chi connectivity index (χ1n) is 11.0. The molecule has 182 valence electrons. The van der Waals surface area contributed by atoms with Gasteiger partial charge in [-0.2, -0.15) is 0 Å². The molecular weight excluding hydrogens is 493 g/mol. The number of imidazole rings is 1. The molecule has 1 aliphatic rings. The van der Waals surface area contributed by atoms with E-state index in [9.17, 15) is 15.3 Å². The second kappa shape index (κ2) is 10.1. The summed E-state index contributed by atoms with van der Waals surface area (Å²) in [7, 11) is 0. The van der Waals surface area contributed by atoms with Gasteiger partial charge in [-0.15, -0.1) is 0 Å². The maximum atomic E-state index is 10.4. The molecule has 1 aliphatic heterocycles. The largest absolute Gasteiger partial charge is 0.394 e. The normalized spacial score (nSPS) is 23.0. The van der Waals surface area contributed by atoms with E-state index in [1.165, 1.54) is 17.2 Å². The van der Waals surface area contributed by atoms with Crippen molar-refractivity contribution in [3.8, 4) is 0 Å². The fourth-order valence-electron chi connectivity index (χ4n) is 4.39. The third-order valence-electron chi connectivity index (χ3n) is 6.17. The third-order valence-corrected chi connectivity index (χ3v) is 6.83. The van der Waals surface area contributed by atoms with Crippen molar-refractivity contribution in [3.63, 3.8) is 0 Å². The first-order chi connectivity index (χ1) is 17.0. The van der Waals surface area contributed by atoms with Gasteiger partial charge in [0.15, 0.2) is 23.2 Å². The lowest BCUT2D eigenvalue weighted by Gasteiger charge is -2.21. The number of aliphatic hydroxyl groups is 3. The highest BCUT2D eigenvalue weighted by molar-refractivity contribution is 6.36. The van der Waals surface area contributed by atoms with Gasteiger partial charge in [-0.1, -0.05) is 59.6 Å². The molecule has 3 heterocycles. The summed E-state index contributed by atoms with van der Waals surface area (Å²) in [5.74, 6) is 0.301. The molecule has 0 saturated carbocycles. The molecule has 9 nitrogen and oxygen atoms in total. The number of aromatic nitrogens is 4. The first-order valence-corrected chi connectivity index (χ1v) is 11.8. The summed E-state index contributed by atoms with van der Waals surface area (Å²) in [5, 5.41) is 34.4. The van der Waals surface area contributed by atoms with Crippen LogP contribution in [0.5, 0.6) is 0 Å². The number of hydrogen-bond donors (Lipinski definition) is 4. The van der Waals surface area contributed by atoms with Gasteiger partial charge in [-0.3, -0.25) is 4.57 Å². The molecule has 0 amide bonds. The van der Waals surface area contributed by atoms with E-state index < -0.39 is 31.1 Å².